The Morgan fingerprint density at radius 1 is 0.721 bits per heavy atom. The van der Waals surface area contributed by atoms with Gasteiger partial charge in [-0.25, -0.2) is 0 Å². The van der Waals surface area contributed by atoms with Crippen molar-refractivity contribution in [3.05, 3.63) is 99.4 Å². The van der Waals surface area contributed by atoms with Crippen molar-refractivity contribution in [3.63, 3.8) is 0 Å². The number of fused-ring (bicyclic) bond motifs is 3. The first-order valence-corrected chi connectivity index (χ1v) is 25.6. The molecule has 0 saturated heterocycles. The minimum Gasteiger partial charge on any atom is -0.373 e. The number of nitrogens with two attached hydrogens (primary N) is 1. The van der Waals surface area contributed by atoms with Crippen LogP contribution in [0.2, 0.25) is 0 Å². The van der Waals surface area contributed by atoms with Gasteiger partial charge in [0.25, 0.3) is 5.91 Å². The minimum absolute atomic E-state index is 0.117. The minimum atomic E-state index is -3.41. The number of para-hydroxylation sites is 1. The number of aromatic nitrogens is 1. The van der Waals surface area contributed by atoms with E-state index in [0.29, 0.717) is 19.8 Å². The summed E-state index contributed by atoms with van der Waals surface area (Å²) in [5.41, 5.74) is 13.8. The molecule has 0 radical (unpaired) electrons. The highest BCUT2D eigenvalue weighted by atomic mass is 32.1. The number of carbonyl (C=O) groups is 2. The third kappa shape index (κ3) is 8.98. The Kier molecular flexibility index (Phi) is 13.6. The molecular formula is C47H50N4O5S4Si. The normalized spacial score (nSPS) is 12.1. The molecule has 7 rings (SSSR count). The molecule has 2 amide bonds. The van der Waals surface area contributed by atoms with Crippen molar-refractivity contribution in [2.24, 2.45) is 5.73 Å². The molecule has 0 spiro atoms. The van der Waals surface area contributed by atoms with Gasteiger partial charge in [-0.3, -0.25) is 9.59 Å². The van der Waals surface area contributed by atoms with Crippen LogP contribution in [0, 0.1) is 39.0 Å². The molecule has 2 N–H and O–H groups in total. The maximum absolute atomic E-state index is 13.9. The van der Waals surface area contributed by atoms with Crippen LogP contribution in [0.4, 0.5) is 0 Å². The average Bonchev–Trinajstić information content (AvgIpc) is 4.06. The molecule has 0 fully saturated rings. The van der Waals surface area contributed by atoms with Crippen LogP contribution in [0.3, 0.4) is 0 Å². The Labute approximate surface area is 374 Å². The highest BCUT2D eigenvalue weighted by Crippen LogP contribution is 2.49. The third-order valence-electron chi connectivity index (χ3n) is 10.5. The molecule has 61 heavy (non-hydrogen) atoms. The van der Waals surface area contributed by atoms with Crippen molar-refractivity contribution < 1.29 is 22.9 Å². The van der Waals surface area contributed by atoms with Crippen molar-refractivity contribution in [2.75, 3.05) is 32.5 Å². The van der Waals surface area contributed by atoms with E-state index in [1.165, 1.54) is 79.1 Å². The fraction of sp³-hybridized carbons (Fsp3) is 0.298. The highest BCUT2D eigenvalue weighted by Gasteiger charge is 2.44. The molecule has 2 aromatic carbocycles. The van der Waals surface area contributed by atoms with Gasteiger partial charge in [0.05, 0.1) is 12.7 Å². The molecule has 0 aliphatic heterocycles. The summed E-state index contributed by atoms with van der Waals surface area (Å²) >= 11 is 6.98. The summed E-state index contributed by atoms with van der Waals surface area (Å²) in [5.74, 6) is -1.36. The van der Waals surface area contributed by atoms with Gasteiger partial charge in [0.15, 0.2) is 0 Å². The highest BCUT2D eigenvalue weighted by molar-refractivity contribution is 7.29. The van der Waals surface area contributed by atoms with Gasteiger partial charge < -0.3 is 28.5 Å². The second kappa shape index (κ2) is 18.7. The van der Waals surface area contributed by atoms with Crippen LogP contribution in [0.1, 0.15) is 54.8 Å². The second-order valence-corrected chi connectivity index (χ2v) is 21.6. The first kappa shape index (κ1) is 44.4. The average molecular weight is 907 g/mol. The lowest BCUT2D eigenvalue weighted by molar-refractivity contribution is -0.131. The number of thiophene rings is 4. The van der Waals surface area contributed by atoms with E-state index in [4.69, 9.17) is 19.0 Å². The van der Waals surface area contributed by atoms with Gasteiger partial charge in [0.2, 0.25) is 5.91 Å². The Morgan fingerprint density at radius 3 is 1.80 bits per heavy atom. The summed E-state index contributed by atoms with van der Waals surface area (Å²) in [6.07, 6.45) is 1.48. The lowest BCUT2D eigenvalue weighted by Crippen LogP contribution is -2.58. The maximum atomic E-state index is 13.9. The lowest BCUT2D eigenvalue weighted by atomic mass is 10.1. The fourth-order valence-electron chi connectivity index (χ4n) is 7.83. The van der Waals surface area contributed by atoms with Crippen LogP contribution in [0.25, 0.3) is 67.6 Å². The van der Waals surface area contributed by atoms with Crippen LogP contribution in [0.5, 0.6) is 0 Å². The monoisotopic (exact) mass is 906 g/mol. The Bertz CT molecular complexity index is 2820. The van der Waals surface area contributed by atoms with E-state index in [-0.39, 0.29) is 11.7 Å². The summed E-state index contributed by atoms with van der Waals surface area (Å²) in [7, 11) is -3.41. The number of primary amides is 1. The van der Waals surface area contributed by atoms with Gasteiger partial charge >= 0.3 is 8.80 Å². The predicted octanol–water partition coefficient (Wildman–Crippen LogP) is 11.8. The molecule has 0 aliphatic rings. The molecule has 0 atom stereocenters. The van der Waals surface area contributed by atoms with Gasteiger partial charge in [-0.15, -0.1) is 45.3 Å². The second-order valence-electron chi connectivity index (χ2n) is 14.8. The van der Waals surface area contributed by atoms with Crippen molar-refractivity contribution in [3.8, 4) is 45.8 Å². The number of rotatable bonds is 17. The van der Waals surface area contributed by atoms with E-state index < -0.39 is 27.2 Å². The molecule has 316 valence electrons. The van der Waals surface area contributed by atoms with Gasteiger partial charge in [-0.1, -0.05) is 24.3 Å². The van der Waals surface area contributed by atoms with Crippen LogP contribution < -0.4 is 5.73 Å². The van der Waals surface area contributed by atoms with E-state index in [9.17, 15) is 14.9 Å². The Balaban J connectivity index is 1.15. The zero-order chi connectivity index (χ0) is 43.6. The van der Waals surface area contributed by atoms with Gasteiger partial charge in [-0.2, -0.15) is 5.26 Å². The third-order valence-corrected chi connectivity index (χ3v) is 18.9. The number of amides is 2. The summed E-state index contributed by atoms with van der Waals surface area (Å²) in [6.45, 7) is 17.5. The van der Waals surface area contributed by atoms with Crippen LogP contribution >= 0.6 is 45.3 Å². The summed E-state index contributed by atoms with van der Waals surface area (Å²) in [6, 6.07) is 26.6. The van der Waals surface area contributed by atoms with Crippen LogP contribution in [-0.4, -0.2) is 62.6 Å². The summed E-state index contributed by atoms with van der Waals surface area (Å²) in [5, 5.41) is 12.8. The van der Waals surface area contributed by atoms with Crippen molar-refractivity contribution >= 4 is 93.8 Å². The first-order chi connectivity index (χ1) is 29.3. The molecule has 0 aliphatic carbocycles. The number of nitriles is 1. The van der Waals surface area contributed by atoms with Crippen molar-refractivity contribution in [1.29, 1.82) is 5.26 Å². The number of nitrogens with zero attached hydrogens (tertiary/aromatic N) is 3. The van der Waals surface area contributed by atoms with E-state index in [2.05, 4.69) is 105 Å². The molecule has 9 nitrogen and oxygen atoms in total. The van der Waals surface area contributed by atoms with Crippen LogP contribution in [0.15, 0.2) is 72.3 Å². The van der Waals surface area contributed by atoms with E-state index in [1.54, 1.807) is 17.4 Å². The van der Waals surface area contributed by atoms with Gasteiger partial charge in [0.1, 0.15) is 11.6 Å². The number of aryl methyl sites for hydroxylation is 5. The summed E-state index contributed by atoms with van der Waals surface area (Å²) in [4.78, 5) is 36.6. The molecule has 0 saturated carbocycles. The number of hydrogen-bond acceptors (Lipinski definition) is 10. The number of carbonyl (C=O) groups excluding carboxylic acids is 2. The number of benzene rings is 2. The summed E-state index contributed by atoms with van der Waals surface area (Å²) < 4.78 is 20.2. The molecule has 14 heteroatoms. The number of hydrogen-bond donors (Lipinski definition) is 1. The quantitative estimate of drug-likeness (QED) is 0.0552. The molecular weight excluding hydrogens is 857 g/mol. The zero-order valence-corrected chi connectivity index (χ0v) is 40.0. The van der Waals surface area contributed by atoms with E-state index in [0.717, 1.165) is 32.3 Å². The molecule has 5 heterocycles. The first-order valence-electron chi connectivity index (χ1n) is 20.4. The molecule has 0 unspecified atom stereocenters. The van der Waals surface area contributed by atoms with Gasteiger partial charge in [0, 0.05) is 87.2 Å². The molecule has 7 aromatic rings. The smallest absolute Gasteiger partial charge is 0.373 e. The van der Waals surface area contributed by atoms with Crippen molar-refractivity contribution in [1.82, 2.24) is 9.47 Å². The fourth-order valence-corrected chi connectivity index (χ4v) is 15.5. The maximum Gasteiger partial charge on any atom is 0.521 e. The van der Waals surface area contributed by atoms with Crippen molar-refractivity contribution in [2.45, 2.75) is 61.9 Å². The van der Waals surface area contributed by atoms with E-state index >= 15 is 0 Å². The molecule has 0 bridgehead atoms. The SMILES string of the molecule is CCO[Si](CN(CC(N)=O)C(=O)/C(C#N)=C/c1sc(-c2sc(-c3sc(-c4sc(-c5ccc6c(c5)c5ccccc5n6CC)cc4C)cc3C)cc2C)cc1C)(OCC)OCC. The Hall–Kier alpha value is -4.69. The Morgan fingerprint density at radius 2 is 1.25 bits per heavy atom. The standard InChI is InChI=1S/C47H50N4O5S4Si/c1-9-51-36-16-14-13-15-34(36)35-23-32(17-18-37(35)51)39-20-29(6)45(58-39)41-22-31(8)46(60-41)42-21-30(7)44(59-42)40-19-28(5)38(57-40)24-33(25-48)47(53)50(26-43(49)52)27-61(54-10-2,55-11-3)56-12-4/h13-24H,9-12,26-27H2,1-8H3,(H2,49,52)/b33-24+. The van der Waals surface area contributed by atoms with Crippen LogP contribution in [-0.2, 0) is 29.4 Å². The largest absolute Gasteiger partial charge is 0.521 e. The molecule has 5 aromatic heterocycles. The van der Waals surface area contributed by atoms with Gasteiger partial charge in [-0.05, 0) is 132 Å². The zero-order valence-electron chi connectivity index (χ0n) is 35.8. The van der Waals surface area contributed by atoms with E-state index in [1.807, 2.05) is 50.4 Å². The topological polar surface area (TPSA) is 120 Å². The predicted molar refractivity (Wildman–Crippen MR) is 257 cm³/mol. The lowest BCUT2D eigenvalue weighted by Gasteiger charge is -2.33.